The van der Waals surface area contributed by atoms with Gasteiger partial charge in [0.25, 0.3) is 5.69 Å². The molecule has 0 aliphatic heterocycles. The van der Waals surface area contributed by atoms with Crippen molar-refractivity contribution < 1.29 is 19.0 Å². The van der Waals surface area contributed by atoms with Gasteiger partial charge in [-0.15, -0.1) is 0 Å². The van der Waals surface area contributed by atoms with Crippen molar-refractivity contribution in [3.63, 3.8) is 0 Å². The molecule has 2 aromatic heterocycles. The van der Waals surface area contributed by atoms with Crippen molar-refractivity contribution in [1.82, 2.24) is 19.7 Å². The number of imidazole rings is 1. The average molecular weight is 434 g/mol. The highest BCUT2D eigenvalue weighted by Crippen LogP contribution is 2.30. The number of nitrogens with one attached hydrogen (secondary N) is 1. The van der Waals surface area contributed by atoms with Crippen LogP contribution in [0, 0.1) is 17.0 Å². The Bertz CT molecular complexity index is 1280. The first-order valence-corrected chi connectivity index (χ1v) is 9.50. The van der Waals surface area contributed by atoms with Crippen molar-refractivity contribution >= 4 is 22.8 Å². The van der Waals surface area contributed by atoms with Crippen molar-refractivity contribution in [3.05, 3.63) is 88.1 Å². The lowest BCUT2D eigenvalue weighted by Crippen LogP contribution is -2.09. The highest BCUT2D eigenvalue weighted by atomic mass is 16.6. The molecule has 0 amide bonds. The van der Waals surface area contributed by atoms with Gasteiger partial charge in [0.1, 0.15) is 11.4 Å². The van der Waals surface area contributed by atoms with Gasteiger partial charge in [0.15, 0.2) is 12.4 Å². The highest BCUT2D eigenvalue weighted by Gasteiger charge is 2.20. The molecule has 0 atom stereocenters. The molecule has 11 heteroatoms. The molecule has 0 saturated carbocycles. The van der Waals surface area contributed by atoms with E-state index in [9.17, 15) is 14.9 Å². The summed E-state index contributed by atoms with van der Waals surface area (Å²) in [6.07, 6.45) is 3.13. The van der Waals surface area contributed by atoms with Gasteiger partial charge in [0, 0.05) is 43.7 Å². The number of nitro benzene ring substituents is 1. The molecule has 2 aromatic carbocycles. The second-order valence-corrected chi connectivity index (χ2v) is 6.85. The molecule has 32 heavy (non-hydrogen) atoms. The Hall–Kier alpha value is -4.54. The van der Waals surface area contributed by atoms with E-state index in [1.807, 2.05) is 0 Å². The third kappa shape index (κ3) is 4.46. The monoisotopic (exact) mass is 434 g/mol. The summed E-state index contributed by atoms with van der Waals surface area (Å²) in [5.41, 5.74) is 0.816. The van der Waals surface area contributed by atoms with Crippen LogP contribution in [0.15, 0.2) is 59.4 Å². The fourth-order valence-electron chi connectivity index (χ4n) is 2.98. The van der Waals surface area contributed by atoms with Crippen molar-refractivity contribution in [1.29, 1.82) is 0 Å². The Kier molecular flexibility index (Phi) is 5.62. The van der Waals surface area contributed by atoms with Crippen LogP contribution in [0.4, 0.5) is 17.1 Å². The number of hydrogen-bond donors (Lipinski definition) is 1. The molecule has 0 fully saturated rings. The molecular weight excluding hydrogens is 416 g/mol. The van der Waals surface area contributed by atoms with Crippen LogP contribution in [0.3, 0.4) is 0 Å². The number of ether oxygens (including phenoxy) is 1. The summed E-state index contributed by atoms with van der Waals surface area (Å²) in [5, 5.41) is 18.4. The molecule has 0 unspecified atom stereocenters. The number of rotatable bonds is 8. The molecule has 0 bridgehead atoms. The Morgan fingerprint density at radius 1 is 1.25 bits per heavy atom. The largest absolute Gasteiger partial charge is 0.485 e. The number of benzene rings is 2. The van der Waals surface area contributed by atoms with E-state index in [0.717, 1.165) is 0 Å². The first kappa shape index (κ1) is 20.7. The van der Waals surface area contributed by atoms with E-state index in [2.05, 4.69) is 20.4 Å². The minimum atomic E-state index is -0.540. The zero-order valence-electron chi connectivity index (χ0n) is 17.2. The Labute approximate surface area is 181 Å². The summed E-state index contributed by atoms with van der Waals surface area (Å²) in [6, 6.07) is 11.1. The molecular formula is C21H18N6O5. The van der Waals surface area contributed by atoms with Gasteiger partial charge in [-0.2, -0.15) is 4.98 Å². The zero-order valence-corrected chi connectivity index (χ0v) is 17.2. The van der Waals surface area contributed by atoms with Crippen LogP contribution < -0.4 is 10.1 Å². The first-order chi connectivity index (χ1) is 15.4. The minimum Gasteiger partial charge on any atom is -0.485 e. The average Bonchev–Trinajstić information content (AvgIpc) is 3.40. The lowest BCUT2D eigenvalue weighted by Gasteiger charge is -2.10. The van der Waals surface area contributed by atoms with E-state index in [1.54, 1.807) is 49.0 Å². The summed E-state index contributed by atoms with van der Waals surface area (Å²) in [7, 11) is 1.68. The number of aryl methyl sites for hydroxylation is 2. The lowest BCUT2D eigenvalue weighted by atomic mass is 10.1. The number of carbonyl (C=O) groups is 1. The number of nitrogens with zero attached hydrogens (tertiary/aromatic N) is 5. The van der Waals surface area contributed by atoms with Crippen LogP contribution in [0.1, 0.15) is 27.9 Å². The van der Waals surface area contributed by atoms with Crippen LogP contribution in [-0.2, 0) is 13.7 Å². The number of carbonyl (C=O) groups excluding carboxylic acids is 1. The van der Waals surface area contributed by atoms with Gasteiger partial charge in [0.2, 0.25) is 17.5 Å². The second kappa shape index (κ2) is 8.68. The molecule has 1 N–H and O–H groups in total. The Morgan fingerprint density at radius 3 is 2.66 bits per heavy atom. The lowest BCUT2D eigenvalue weighted by molar-refractivity contribution is -0.383. The summed E-state index contributed by atoms with van der Waals surface area (Å²) < 4.78 is 12.0. The predicted molar refractivity (Wildman–Crippen MR) is 113 cm³/mol. The van der Waals surface area contributed by atoms with E-state index in [0.29, 0.717) is 23.2 Å². The zero-order chi connectivity index (χ0) is 22.7. The van der Waals surface area contributed by atoms with Crippen LogP contribution >= 0.6 is 0 Å². The quantitative estimate of drug-likeness (QED) is 0.250. The third-order valence-electron chi connectivity index (χ3n) is 4.55. The normalized spacial score (nSPS) is 10.7. The van der Waals surface area contributed by atoms with Crippen molar-refractivity contribution in [2.45, 2.75) is 13.5 Å². The molecule has 162 valence electrons. The maximum Gasteiger partial charge on any atom is 0.293 e. The molecule has 0 radical (unpaired) electrons. The Balaban J connectivity index is 1.49. The van der Waals surface area contributed by atoms with Crippen molar-refractivity contribution in [3.8, 4) is 5.75 Å². The smallest absolute Gasteiger partial charge is 0.293 e. The summed E-state index contributed by atoms with van der Waals surface area (Å²) in [5.74, 6) is 1.26. The van der Waals surface area contributed by atoms with E-state index in [1.165, 1.54) is 24.4 Å². The van der Waals surface area contributed by atoms with Crippen LogP contribution in [0.5, 0.6) is 5.75 Å². The predicted octanol–water partition coefficient (Wildman–Crippen LogP) is 3.57. The third-order valence-corrected chi connectivity index (χ3v) is 4.55. The fourth-order valence-corrected chi connectivity index (χ4v) is 2.98. The maximum atomic E-state index is 12.6. The maximum absolute atomic E-state index is 12.6. The molecule has 0 spiro atoms. The number of anilines is 2. The molecule has 0 aliphatic rings. The van der Waals surface area contributed by atoms with Crippen LogP contribution in [-0.4, -0.2) is 30.4 Å². The van der Waals surface area contributed by atoms with Gasteiger partial charge in [-0.05, 0) is 36.4 Å². The van der Waals surface area contributed by atoms with Gasteiger partial charge < -0.3 is 19.1 Å². The summed E-state index contributed by atoms with van der Waals surface area (Å²) >= 11 is 0. The van der Waals surface area contributed by atoms with Gasteiger partial charge >= 0.3 is 0 Å². The topological polar surface area (TPSA) is 138 Å². The molecule has 2 heterocycles. The van der Waals surface area contributed by atoms with E-state index in [4.69, 9.17) is 9.26 Å². The molecule has 0 saturated heterocycles. The number of ketones is 1. The van der Waals surface area contributed by atoms with Crippen molar-refractivity contribution in [2.24, 2.45) is 7.05 Å². The molecule has 4 rings (SSSR count). The molecule has 0 aliphatic carbocycles. The number of nitro groups is 1. The van der Waals surface area contributed by atoms with Crippen LogP contribution in [0.2, 0.25) is 0 Å². The van der Waals surface area contributed by atoms with E-state index >= 15 is 0 Å². The van der Waals surface area contributed by atoms with E-state index < -0.39 is 10.7 Å². The van der Waals surface area contributed by atoms with Crippen molar-refractivity contribution in [2.75, 3.05) is 5.32 Å². The first-order valence-electron chi connectivity index (χ1n) is 9.50. The fraction of sp³-hybridized carbons (Fsp3) is 0.143. The Morgan fingerprint density at radius 2 is 2.03 bits per heavy atom. The number of aromatic nitrogens is 4. The minimum absolute atomic E-state index is 0.154. The highest BCUT2D eigenvalue weighted by molar-refractivity contribution is 6.07. The van der Waals surface area contributed by atoms with Gasteiger partial charge in [0.05, 0.1) is 4.92 Å². The standard InChI is InChI=1S/C21H18N6O5/c1-13-23-19(25-32-13)12-31-16-6-4-15(5-7-16)24-17-8-3-14(11-18(17)27(29)30)20(28)21-22-9-10-26(21)2/h3-11,24H,12H2,1-2H3. The van der Waals surface area contributed by atoms with E-state index in [-0.39, 0.29) is 29.4 Å². The van der Waals surface area contributed by atoms with Gasteiger partial charge in [-0.1, -0.05) is 5.16 Å². The van der Waals surface area contributed by atoms with Gasteiger partial charge in [-0.3, -0.25) is 14.9 Å². The van der Waals surface area contributed by atoms with Crippen LogP contribution in [0.25, 0.3) is 0 Å². The molecule has 11 nitrogen and oxygen atoms in total. The summed E-state index contributed by atoms with van der Waals surface area (Å²) in [4.78, 5) is 31.8. The number of hydrogen-bond acceptors (Lipinski definition) is 9. The SMILES string of the molecule is Cc1nc(COc2ccc(Nc3ccc(C(=O)c4nccn4C)cc3[N+](=O)[O-])cc2)no1. The molecule has 4 aromatic rings. The summed E-state index contributed by atoms with van der Waals surface area (Å²) in [6.45, 7) is 1.85. The van der Waals surface area contributed by atoms with Gasteiger partial charge in [-0.25, -0.2) is 4.98 Å². The second-order valence-electron chi connectivity index (χ2n) is 6.85.